The number of thioether (sulfide) groups is 1. The average molecular weight is 770 g/mol. The van der Waals surface area contributed by atoms with Crippen molar-refractivity contribution in [2.75, 3.05) is 47.9 Å². The number of methoxy groups -OCH3 is 1. The summed E-state index contributed by atoms with van der Waals surface area (Å²) in [6.07, 6.45) is 2.62. The lowest BCUT2D eigenvalue weighted by Gasteiger charge is -2.28. The van der Waals surface area contributed by atoms with Crippen LogP contribution in [0.1, 0.15) is 50.9 Å². The highest BCUT2D eigenvalue weighted by molar-refractivity contribution is 7.98. The molecule has 4 rings (SSSR count). The molecule has 0 unspecified atom stereocenters. The number of rotatable bonds is 16. The molecule has 3 aromatic carbocycles. The summed E-state index contributed by atoms with van der Waals surface area (Å²) in [6.45, 7) is 3.67. The smallest absolute Gasteiger partial charge is 0.318 e. The number of carboxylic acid groups (broad SMARTS) is 1. The topological polar surface area (TPSA) is 102 Å². The summed E-state index contributed by atoms with van der Waals surface area (Å²) in [4.78, 5) is 15.4. The molecule has 1 N–H and O–H groups in total. The van der Waals surface area contributed by atoms with E-state index in [1.54, 1.807) is 35.0 Å². The molecule has 51 heavy (non-hydrogen) atoms. The standard InChI is InChI=1S/C35H40ClF3N4O5S2.CH4/c1-35(2,23-9-14-28(36)31(17-23)48-6)32-20-40-34(42(32)25-12-10-24(37)11-13-25)49-22-27-29(38)18-26(19-30(27)39)50(46,47)41(21-33(44)45)15-7-8-16-43(3,4)5;/h9-14,17-20H,7-8,15-16,21-22H2,1-6H3;1H4/p+1. The highest BCUT2D eigenvalue weighted by atomic mass is 35.5. The summed E-state index contributed by atoms with van der Waals surface area (Å²) in [6, 6.07) is 12.5. The molecule has 1 aromatic heterocycles. The predicted molar refractivity (Wildman–Crippen MR) is 195 cm³/mol. The third-order valence-electron chi connectivity index (χ3n) is 8.22. The molecule has 15 heteroatoms. The number of quaternary nitrogens is 1. The van der Waals surface area contributed by atoms with Crippen molar-refractivity contribution in [2.24, 2.45) is 0 Å². The Hall–Kier alpha value is -3.56. The lowest BCUT2D eigenvalue weighted by atomic mass is 9.81. The fourth-order valence-corrected chi connectivity index (χ4v) is 8.03. The lowest BCUT2D eigenvalue weighted by molar-refractivity contribution is -0.870. The van der Waals surface area contributed by atoms with Gasteiger partial charge < -0.3 is 14.3 Å². The first-order valence-corrected chi connectivity index (χ1v) is 18.5. The molecular formula is C36H45ClF3N4O5S2+. The van der Waals surface area contributed by atoms with Crippen molar-refractivity contribution in [1.82, 2.24) is 13.9 Å². The maximum Gasteiger partial charge on any atom is 0.318 e. The number of unbranched alkanes of at least 4 members (excludes halogenated alkanes) is 1. The second-order valence-electron chi connectivity index (χ2n) is 13.3. The fraction of sp³-hybridized carbons (Fsp3) is 0.389. The number of halogens is 4. The minimum absolute atomic E-state index is 0. The highest BCUT2D eigenvalue weighted by Crippen LogP contribution is 2.39. The first-order valence-electron chi connectivity index (χ1n) is 15.7. The van der Waals surface area contributed by atoms with Crippen LogP contribution >= 0.6 is 23.4 Å². The molecule has 0 radical (unpaired) electrons. The Balaban J connectivity index is 0.00000702. The second kappa shape index (κ2) is 16.8. The summed E-state index contributed by atoms with van der Waals surface area (Å²) in [5, 5.41) is 10.2. The molecule has 1 heterocycles. The van der Waals surface area contributed by atoms with E-state index in [9.17, 15) is 22.7 Å². The number of aromatic nitrogens is 2. The monoisotopic (exact) mass is 769 g/mol. The minimum Gasteiger partial charge on any atom is -0.495 e. The summed E-state index contributed by atoms with van der Waals surface area (Å²) < 4.78 is 80.4. The van der Waals surface area contributed by atoms with Crippen LogP contribution in [0, 0.1) is 17.5 Å². The van der Waals surface area contributed by atoms with Gasteiger partial charge in [0.1, 0.15) is 29.7 Å². The molecule has 9 nitrogen and oxygen atoms in total. The van der Waals surface area contributed by atoms with Gasteiger partial charge in [-0.3, -0.25) is 9.36 Å². The van der Waals surface area contributed by atoms with Gasteiger partial charge in [0.05, 0.1) is 56.6 Å². The lowest BCUT2D eigenvalue weighted by Crippen LogP contribution is -2.38. The molecule has 0 fully saturated rings. The Morgan fingerprint density at radius 3 is 2.24 bits per heavy atom. The molecule has 0 bridgehead atoms. The molecule has 0 amide bonds. The van der Waals surface area contributed by atoms with E-state index in [0.717, 1.165) is 28.2 Å². The number of carbonyl (C=O) groups is 1. The summed E-state index contributed by atoms with van der Waals surface area (Å²) >= 11 is 7.28. The van der Waals surface area contributed by atoms with E-state index in [1.165, 1.54) is 19.2 Å². The van der Waals surface area contributed by atoms with Crippen LogP contribution in [0.4, 0.5) is 13.2 Å². The van der Waals surface area contributed by atoms with Crippen molar-refractivity contribution in [2.45, 2.75) is 55.3 Å². The number of carboxylic acids is 1. The Morgan fingerprint density at radius 2 is 1.67 bits per heavy atom. The molecule has 278 valence electrons. The number of hydrogen-bond donors (Lipinski definition) is 1. The highest BCUT2D eigenvalue weighted by Gasteiger charge is 2.32. The van der Waals surface area contributed by atoms with Crippen LogP contribution < -0.4 is 4.74 Å². The molecule has 0 saturated heterocycles. The van der Waals surface area contributed by atoms with Crippen LogP contribution in [0.5, 0.6) is 5.75 Å². The van der Waals surface area contributed by atoms with E-state index in [2.05, 4.69) is 4.98 Å². The maximum absolute atomic E-state index is 15.5. The van der Waals surface area contributed by atoms with Crippen molar-refractivity contribution in [3.05, 3.63) is 100 Å². The number of benzene rings is 3. The van der Waals surface area contributed by atoms with Crippen LogP contribution in [0.25, 0.3) is 5.69 Å². The van der Waals surface area contributed by atoms with Crippen LogP contribution in [-0.4, -0.2) is 85.7 Å². The number of ether oxygens (including phenoxy) is 1. The number of hydrogen-bond acceptors (Lipinski definition) is 6. The largest absolute Gasteiger partial charge is 0.495 e. The van der Waals surface area contributed by atoms with E-state index in [0.29, 0.717) is 56.8 Å². The van der Waals surface area contributed by atoms with E-state index in [4.69, 9.17) is 16.3 Å². The van der Waals surface area contributed by atoms with Crippen molar-refractivity contribution in [1.29, 1.82) is 0 Å². The van der Waals surface area contributed by atoms with Crippen molar-refractivity contribution in [3.63, 3.8) is 0 Å². The van der Waals surface area contributed by atoms with Crippen LogP contribution in [0.15, 0.2) is 70.8 Å². The minimum atomic E-state index is -4.54. The van der Waals surface area contributed by atoms with E-state index in [-0.39, 0.29) is 19.7 Å². The normalized spacial score (nSPS) is 12.2. The third-order valence-corrected chi connectivity index (χ3v) is 11.3. The van der Waals surface area contributed by atoms with E-state index in [1.807, 2.05) is 41.1 Å². The Labute approximate surface area is 307 Å². The van der Waals surface area contributed by atoms with Crippen LogP contribution in [0.2, 0.25) is 5.02 Å². The Bertz CT molecular complexity index is 1930. The number of imidazole rings is 1. The number of aliphatic carboxylic acids is 1. The van der Waals surface area contributed by atoms with Gasteiger partial charge in [-0.2, -0.15) is 4.31 Å². The average Bonchev–Trinajstić information content (AvgIpc) is 3.46. The molecule has 4 aromatic rings. The summed E-state index contributed by atoms with van der Waals surface area (Å²) in [5.74, 6) is -3.84. The Kier molecular flexibility index (Phi) is 13.8. The Morgan fingerprint density at radius 1 is 1.04 bits per heavy atom. The van der Waals surface area contributed by atoms with Crippen LogP contribution in [-0.2, 0) is 26.0 Å². The number of sulfonamides is 1. The van der Waals surface area contributed by atoms with Gasteiger partial charge >= 0.3 is 5.97 Å². The summed E-state index contributed by atoms with van der Waals surface area (Å²) in [7, 11) is 2.91. The molecule has 0 aliphatic carbocycles. The van der Waals surface area contributed by atoms with Gasteiger partial charge in [0.15, 0.2) is 5.16 Å². The van der Waals surface area contributed by atoms with Crippen molar-refractivity contribution >= 4 is 39.4 Å². The van der Waals surface area contributed by atoms with Crippen LogP contribution in [0.3, 0.4) is 0 Å². The predicted octanol–water partition coefficient (Wildman–Crippen LogP) is 7.77. The molecule has 0 atom stereocenters. The quantitative estimate of drug-likeness (QED) is 0.0706. The van der Waals surface area contributed by atoms with Gasteiger partial charge in [0, 0.05) is 29.0 Å². The van der Waals surface area contributed by atoms with Crippen molar-refractivity contribution in [3.8, 4) is 11.4 Å². The van der Waals surface area contributed by atoms with Gasteiger partial charge in [0.2, 0.25) is 10.0 Å². The van der Waals surface area contributed by atoms with Gasteiger partial charge in [-0.25, -0.2) is 26.6 Å². The van der Waals surface area contributed by atoms with Gasteiger partial charge in [-0.05, 0) is 66.9 Å². The first kappa shape index (κ1) is 41.9. The maximum atomic E-state index is 15.5. The second-order valence-corrected chi connectivity index (χ2v) is 16.6. The molecular weight excluding hydrogens is 725 g/mol. The first-order chi connectivity index (χ1) is 23.3. The third kappa shape index (κ3) is 10.1. The zero-order chi connectivity index (χ0) is 37.0. The summed E-state index contributed by atoms with van der Waals surface area (Å²) in [5.41, 5.74) is 0.964. The zero-order valence-corrected chi connectivity index (χ0v) is 31.1. The van der Waals surface area contributed by atoms with E-state index < -0.39 is 55.9 Å². The van der Waals surface area contributed by atoms with Gasteiger partial charge in [-0.1, -0.05) is 50.7 Å². The van der Waals surface area contributed by atoms with Crippen molar-refractivity contribution < 1.29 is 40.7 Å². The van der Waals surface area contributed by atoms with Gasteiger partial charge in [-0.15, -0.1) is 0 Å². The molecule has 0 spiro atoms. The van der Waals surface area contributed by atoms with E-state index >= 15 is 8.78 Å². The molecule has 0 saturated carbocycles. The number of nitrogens with zero attached hydrogens (tertiary/aromatic N) is 4. The fourth-order valence-electron chi connectivity index (χ4n) is 5.38. The SMILES string of the molecule is C.COc1cc(C(C)(C)c2cnc(SCc3c(F)cc(S(=O)(=O)N(CCCC[N+](C)(C)C)CC(=O)O)cc3F)n2-c2ccc(F)cc2)ccc1Cl. The molecule has 0 aliphatic rings. The molecule has 0 aliphatic heterocycles. The van der Waals surface area contributed by atoms with Gasteiger partial charge in [0.25, 0.3) is 0 Å². The zero-order valence-electron chi connectivity index (χ0n) is 28.7.